The highest BCUT2D eigenvalue weighted by Gasteiger charge is 2.21. The quantitative estimate of drug-likeness (QED) is 0.853. The van der Waals surface area contributed by atoms with Gasteiger partial charge in [0.1, 0.15) is 4.47 Å². The Morgan fingerprint density at radius 2 is 2.10 bits per heavy atom. The Labute approximate surface area is 139 Å². The summed E-state index contributed by atoms with van der Waals surface area (Å²) in [6.45, 7) is 4.81. The number of hydrogen-bond donors (Lipinski definition) is 1. The van der Waals surface area contributed by atoms with Crippen LogP contribution in [0.4, 0.5) is 5.69 Å². The Kier molecular flexibility index (Phi) is 6.17. The van der Waals surface area contributed by atoms with Crippen molar-refractivity contribution in [2.75, 3.05) is 11.6 Å². The second kappa shape index (κ2) is 7.68. The van der Waals surface area contributed by atoms with Crippen LogP contribution in [0.15, 0.2) is 15.5 Å². The SMILES string of the molecule is CSC1CCC(Nc2cnn(CC(C)C)c(=O)c2Br)CC1. The van der Waals surface area contributed by atoms with Crippen LogP contribution >= 0.6 is 27.7 Å². The summed E-state index contributed by atoms with van der Waals surface area (Å²) in [5, 5.41) is 8.56. The molecule has 21 heavy (non-hydrogen) atoms. The van der Waals surface area contributed by atoms with Gasteiger partial charge in [-0.05, 0) is 53.8 Å². The fourth-order valence-corrected chi connectivity index (χ4v) is 3.87. The molecular formula is C15H24BrN3OS. The fourth-order valence-electron chi connectivity index (χ4n) is 2.70. The Morgan fingerprint density at radius 1 is 1.43 bits per heavy atom. The van der Waals surface area contributed by atoms with E-state index in [1.165, 1.54) is 17.5 Å². The number of rotatable bonds is 5. The Hall–Kier alpha value is -0.490. The third-order valence-corrected chi connectivity index (χ3v) is 5.79. The van der Waals surface area contributed by atoms with Crippen LogP contribution in [0.3, 0.4) is 0 Å². The van der Waals surface area contributed by atoms with Gasteiger partial charge in [-0.25, -0.2) is 4.68 Å². The van der Waals surface area contributed by atoms with Crippen LogP contribution in [0, 0.1) is 5.92 Å². The van der Waals surface area contributed by atoms with Gasteiger partial charge in [0.2, 0.25) is 0 Å². The summed E-state index contributed by atoms with van der Waals surface area (Å²) in [6, 6.07) is 0.451. The molecule has 0 spiro atoms. The number of halogens is 1. The minimum atomic E-state index is -0.0495. The first-order valence-corrected chi connectivity index (χ1v) is 9.64. The molecule has 0 aromatic carbocycles. The molecule has 1 heterocycles. The third-order valence-electron chi connectivity index (χ3n) is 3.89. The number of nitrogens with zero attached hydrogens (tertiary/aromatic N) is 2. The van der Waals surface area contributed by atoms with Crippen molar-refractivity contribution in [1.82, 2.24) is 9.78 Å². The van der Waals surface area contributed by atoms with Crippen LogP contribution in [-0.4, -0.2) is 27.3 Å². The molecule has 0 radical (unpaired) electrons. The molecule has 2 rings (SSSR count). The zero-order valence-corrected chi connectivity index (χ0v) is 15.3. The first-order chi connectivity index (χ1) is 10.0. The van der Waals surface area contributed by atoms with Gasteiger partial charge in [-0.3, -0.25) is 4.79 Å². The fraction of sp³-hybridized carbons (Fsp3) is 0.733. The normalized spacial score (nSPS) is 22.5. The number of anilines is 1. The van der Waals surface area contributed by atoms with Gasteiger partial charge in [-0.2, -0.15) is 16.9 Å². The molecule has 1 aromatic heterocycles. The predicted octanol–water partition coefficient (Wildman–Crippen LogP) is 3.75. The lowest BCUT2D eigenvalue weighted by molar-refractivity contribution is 0.459. The average Bonchev–Trinajstić information content (AvgIpc) is 2.47. The summed E-state index contributed by atoms with van der Waals surface area (Å²) in [7, 11) is 0. The van der Waals surface area contributed by atoms with E-state index in [4.69, 9.17) is 0 Å². The number of hydrogen-bond acceptors (Lipinski definition) is 4. The Bertz CT molecular complexity index is 524. The molecule has 118 valence electrons. The molecule has 1 aliphatic carbocycles. The van der Waals surface area contributed by atoms with Crippen molar-refractivity contribution < 1.29 is 0 Å². The van der Waals surface area contributed by atoms with Crippen molar-refractivity contribution >= 4 is 33.4 Å². The van der Waals surface area contributed by atoms with Crippen molar-refractivity contribution in [2.24, 2.45) is 5.92 Å². The van der Waals surface area contributed by atoms with E-state index in [-0.39, 0.29) is 5.56 Å². The molecular weight excluding hydrogens is 350 g/mol. The number of thioether (sulfide) groups is 1. The lowest BCUT2D eigenvalue weighted by Gasteiger charge is -2.29. The molecule has 1 aliphatic rings. The molecule has 0 bridgehead atoms. The second-order valence-corrected chi connectivity index (χ2v) is 8.04. The summed E-state index contributed by atoms with van der Waals surface area (Å²) in [4.78, 5) is 12.3. The number of nitrogens with one attached hydrogen (secondary N) is 1. The van der Waals surface area contributed by atoms with E-state index in [0.29, 0.717) is 23.0 Å². The van der Waals surface area contributed by atoms with Crippen LogP contribution in [0.2, 0.25) is 0 Å². The third kappa shape index (κ3) is 4.49. The monoisotopic (exact) mass is 373 g/mol. The largest absolute Gasteiger partial charge is 0.380 e. The molecule has 0 aliphatic heterocycles. The summed E-state index contributed by atoms with van der Waals surface area (Å²) in [5.74, 6) is 0.405. The van der Waals surface area contributed by atoms with Crippen molar-refractivity contribution in [2.45, 2.75) is 57.4 Å². The van der Waals surface area contributed by atoms with Crippen molar-refractivity contribution in [1.29, 1.82) is 0 Å². The van der Waals surface area contributed by atoms with Gasteiger partial charge < -0.3 is 5.32 Å². The van der Waals surface area contributed by atoms with Crippen LogP contribution < -0.4 is 10.9 Å². The predicted molar refractivity (Wildman–Crippen MR) is 94.2 cm³/mol. The number of aromatic nitrogens is 2. The van der Waals surface area contributed by atoms with Gasteiger partial charge in [0.05, 0.1) is 11.9 Å². The van der Waals surface area contributed by atoms with E-state index >= 15 is 0 Å². The highest BCUT2D eigenvalue weighted by atomic mass is 79.9. The van der Waals surface area contributed by atoms with Crippen LogP contribution in [-0.2, 0) is 6.54 Å². The minimum absolute atomic E-state index is 0.0495. The molecule has 0 unspecified atom stereocenters. The van der Waals surface area contributed by atoms with Crippen LogP contribution in [0.25, 0.3) is 0 Å². The first-order valence-electron chi connectivity index (χ1n) is 7.56. The van der Waals surface area contributed by atoms with Gasteiger partial charge >= 0.3 is 0 Å². The summed E-state index contributed by atoms with van der Waals surface area (Å²) >= 11 is 5.40. The van der Waals surface area contributed by atoms with E-state index in [1.54, 1.807) is 6.20 Å². The summed E-state index contributed by atoms with van der Waals surface area (Å²) < 4.78 is 2.13. The summed E-state index contributed by atoms with van der Waals surface area (Å²) in [5.41, 5.74) is 0.777. The smallest absolute Gasteiger partial charge is 0.283 e. The zero-order chi connectivity index (χ0) is 15.4. The Morgan fingerprint density at radius 3 is 2.67 bits per heavy atom. The summed E-state index contributed by atoms with van der Waals surface area (Å²) in [6.07, 6.45) is 8.77. The van der Waals surface area contributed by atoms with Gasteiger partial charge in [0.25, 0.3) is 5.56 Å². The first kappa shape index (κ1) is 16.9. The van der Waals surface area contributed by atoms with E-state index in [9.17, 15) is 4.79 Å². The molecule has 4 nitrogen and oxygen atoms in total. The minimum Gasteiger partial charge on any atom is -0.380 e. The maximum Gasteiger partial charge on any atom is 0.283 e. The lowest BCUT2D eigenvalue weighted by atomic mass is 9.95. The van der Waals surface area contributed by atoms with E-state index < -0.39 is 0 Å². The van der Waals surface area contributed by atoms with Crippen LogP contribution in [0.1, 0.15) is 39.5 Å². The van der Waals surface area contributed by atoms with Crippen LogP contribution in [0.5, 0.6) is 0 Å². The second-order valence-electron chi connectivity index (χ2n) is 6.11. The van der Waals surface area contributed by atoms with E-state index in [0.717, 1.165) is 23.8 Å². The molecule has 1 saturated carbocycles. The zero-order valence-electron chi connectivity index (χ0n) is 12.9. The molecule has 6 heteroatoms. The molecule has 1 N–H and O–H groups in total. The maximum absolute atomic E-state index is 12.3. The molecule has 1 fully saturated rings. The van der Waals surface area contributed by atoms with Crippen molar-refractivity contribution in [3.63, 3.8) is 0 Å². The highest BCUT2D eigenvalue weighted by Crippen LogP contribution is 2.29. The molecule has 0 saturated heterocycles. The topological polar surface area (TPSA) is 46.9 Å². The van der Waals surface area contributed by atoms with Gasteiger partial charge in [-0.15, -0.1) is 0 Å². The van der Waals surface area contributed by atoms with Crippen molar-refractivity contribution in [3.05, 3.63) is 21.0 Å². The molecule has 0 amide bonds. The lowest BCUT2D eigenvalue weighted by Crippen LogP contribution is -2.30. The van der Waals surface area contributed by atoms with Gasteiger partial charge in [0, 0.05) is 17.8 Å². The molecule has 0 atom stereocenters. The Balaban J connectivity index is 2.04. The van der Waals surface area contributed by atoms with E-state index in [2.05, 4.69) is 46.4 Å². The maximum atomic E-state index is 12.3. The molecule has 1 aromatic rings. The van der Waals surface area contributed by atoms with Crippen molar-refractivity contribution in [3.8, 4) is 0 Å². The highest BCUT2D eigenvalue weighted by molar-refractivity contribution is 9.10. The van der Waals surface area contributed by atoms with Gasteiger partial charge in [-0.1, -0.05) is 13.8 Å². The van der Waals surface area contributed by atoms with E-state index in [1.807, 2.05) is 11.8 Å². The average molecular weight is 374 g/mol. The standard InChI is InChI=1S/C15H24BrN3OS/c1-10(2)9-19-15(20)14(16)13(8-17-19)18-11-4-6-12(21-3)7-5-11/h8,10-12,18H,4-7,9H2,1-3H3. The van der Waals surface area contributed by atoms with Gasteiger partial charge in [0.15, 0.2) is 0 Å².